The Kier molecular flexibility index (Phi) is 14.2. The number of halogens is 1. The van der Waals surface area contributed by atoms with Crippen molar-refractivity contribution in [3.63, 3.8) is 0 Å². The van der Waals surface area contributed by atoms with Gasteiger partial charge in [-0.15, -0.1) is 0 Å². The first-order valence-corrected chi connectivity index (χ1v) is 26.9. The number of aryl methyl sites for hydroxylation is 2. The Morgan fingerprint density at radius 2 is 1.56 bits per heavy atom. The molecule has 4 amide bonds. The summed E-state index contributed by atoms with van der Waals surface area (Å²) in [6.45, 7) is 12.2. The quantitative estimate of drug-likeness (QED) is 0.0813. The molecule has 0 radical (unpaired) electrons. The summed E-state index contributed by atoms with van der Waals surface area (Å²) in [7, 11) is 2.66. The van der Waals surface area contributed by atoms with E-state index in [4.69, 9.17) is 18.8 Å². The number of hydrogen-bond acceptors (Lipinski definition) is 17. The summed E-state index contributed by atoms with van der Waals surface area (Å²) in [6.07, 6.45) is 8.02. The fourth-order valence-electron chi connectivity index (χ4n) is 10.8. The molecule has 384 valence electrons. The Hall–Kier alpha value is -6.22. The minimum atomic E-state index is -3.64. The van der Waals surface area contributed by atoms with E-state index in [0.29, 0.717) is 61.8 Å². The van der Waals surface area contributed by atoms with Gasteiger partial charge in [-0.25, -0.2) is 4.98 Å². The fourth-order valence-corrected chi connectivity index (χ4v) is 12.6. The van der Waals surface area contributed by atoms with Crippen molar-refractivity contribution in [2.75, 3.05) is 101 Å². The number of carbonyl (C=O) groups excluding carboxylic acids is 4. The summed E-state index contributed by atoms with van der Waals surface area (Å²) >= 11 is 3.59. The molecule has 7 heterocycles. The molecule has 5 aliphatic heterocycles. The third-order valence-corrected chi connectivity index (χ3v) is 17.7. The van der Waals surface area contributed by atoms with Crippen LogP contribution in [0.1, 0.15) is 57.5 Å². The number of piperazine rings is 1. The lowest BCUT2D eigenvalue weighted by atomic mass is 9.93. The summed E-state index contributed by atoms with van der Waals surface area (Å²) in [5, 5.41) is 13.9. The van der Waals surface area contributed by atoms with Crippen LogP contribution < -0.4 is 35.8 Å². The summed E-state index contributed by atoms with van der Waals surface area (Å²) < 4.78 is 33.0. The molecule has 5 aromatic rings. The molecule has 4 fully saturated rings. The van der Waals surface area contributed by atoms with E-state index in [2.05, 4.69) is 73.7 Å². The van der Waals surface area contributed by atoms with Gasteiger partial charge in [0.05, 0.1) is 45.6 Å². The van der Waals surface area contributed by atoms with Gasteiger partial charge in [0, 0.05) is 121 Å². The molecule has 10 rings (SSSR count). The number of benzene rings is 3. The van der Waals surface area contributed by atoms with Crippen LogP contribution in [0.2, 0.25) is 0 Å². The maximum Gasteiger partial charge on any atom is 0.363 e. The molecule has 0 aliphatic carbocycles. The van der Waals surface area contributed by atoms with Gasteiger partial charge in [-0.05, 0) is 110 Å². The molecular weight excluding hydrogens is 1020 g/mol. The number of methoxy groups -OCH3 is 1. The average Bonchev–Trinajstić information content (AvgIpc) is 3.92. The molecule has 1 unspecified atom stereocenters. The van der Waals surface area contributed by atoms with Crippen LogP contribution in [0.5, 0.6) is 5.75 Å². The van der Waals surface area contributed by atoms with Crippen molar-refractivity contribution in [2.24, 2.45) is 13.0 Å². The van der Waals surface area contributed by atoms with Crippen molar-refractivity contribution in [2.45, 2.75) is 51.6 Å². The number of anilines is 6. The van der Waals surface area contributed by atoms with Crippen molar-refractivity contribution < 1.29 is 37.5 Å². The molecule has 73 heavy (non-hydrogen) atoms. The molecule has 0 spiro atoms. The van der Waals surface area contributed by atoms with Gasteiger partial charge in [0.1, 0.15) is 17.6 Å². The van der Waals surface area contributed by atoms with E-state index in [0.717, 1.165) is 110 Å². The number of hydrogen-bond donors (Lipinski definition) is 3. The average molecular weight is 1080 g/mol. The van der Waals surface area contributed by atoms with Crippen molar-refractivity contribution in [3.05, 3.63) is 87.8 Å². The van der Waals surface area contributed by atoms with E-state index in [-0.39, 0.29) is 12.8 Å². The number of nitrogens with one attached hydrogen (secondary N) is 3. The standard InChI is InChI=1S/C51H60BrN12O8P/c1-30-7-10-40(46(31(30)2)73(69,71-5)72-6)55-47-39(52)25-53-51(58-47)56-41-22-37(33-24-54-59(3)27-33)43(23-44(41)70-4)62-19-17-60(18-20-62)26-32-13-15-61(16-14-32)35-28-63(29-35)34-8-9-36-38(21-34)50(68)64(49(36)67)42-11-12-45(65)57-48(42)66/h7-10,21-25,27,32,35,42H,11-20,26,28-29H2,1-6H3,(H,57,65,66)(H2,53,55,56,58). The number of ether oxygens (including phenoxy) is 1. The van der Waals surface area contributed by atoms with Crippen LogP contribution in [0.25, 0.3) is 11.1 Å². The van der Waals surface area contributed by atoms with Gasteiger partial charge in [-0.3, -0.25) is 48.4 Å². The van der Waals surface area contributed by atoms with Crippen LogP contribution in [0.4, 0.5) is 34.5 Å². The Balaban J connectivity index is 0.752. The van der Waals surface area contributed by atoms with E-state index >= 15 is 0 Å². The number of likely N-dealkylation sites (tertiary alicyclic amines) is 1. The highest BCUT2D eigenvalue weighted by Crippen LogP contribution is 2.49. The van der Waals surface area contributed by atoms with Crippen molar-refractivity contribution in [1.82, 2.24) is 39.8 Å². The summed E-state index contributed by atoms with van der Waals surface area (Å²) in [4.78, 5) is 71.1. The number of piperidine rings is 2. The van der Waals surface area contributed by atoms with E-state index in [1.165, 1.54) is 14.2 Å². The molecule has 4 saturated heterocycles. The van der Waals surface area contributed by atoms with E-state index in [1.807, 2.05) is 51.5 Å². The third kappa shape index (κ3) is 9.85. The topological polar surface area (TPSA) is 209 Å². The normalized spacial score (nSPS) is 19.3. The zero-order chi connectivity index (χ0) is 51.3. The summed E-state index contributed by atoms with van der Waals surface area (Å²) in [5.74, 6) is 0.0181. The number of fused-ring (bicyclic) bond motifs is 1. The number of rotatable bonds is 15. The first-order valence-electron chi connectivity index (χ1n) is 24.6. The Bertz CT molecular complexity index is 3030. The lowest BCUT2D eigenvalue weighted by Gasteiger charge is -2.49. The second kappa shape index (κ2) is 20.6. The van der Waals surface area contributed by atoms with Crippen molar-refractivity contribution in [1.29, 1.82) is 0 Å². The zero-order valence-electron chi connectivity index (χ0n) is 41.8. The predicted molar refractivity (Wildman–Crippen MR) is 281 cm³/mol. The highest BCUT2D eigenvalue weighted by atomic mass is 79.9. The lowest BCUT2D eigenvalue weighted by Crippen LogP contribution is -2.61. The first-order chi connectivity index (χ1) is 35.1. The van der Waals surface area contributed by atoms with Crippen LogP contribution in [-0.4, -0.2) is 150 Å². The maximum atomic E-state index is 13.7. The van der Waals surface area contributed by atoms with Gasteiger partial charge in [0.2, 0.25) is 17.8 Å². The van der Waals surface area contributed by atoms with Gasteiger partial charge >= 0.3 is 7.60 Å². The van der Waals surface area contributed by atoms with Gasteiger partial charge in [-0.1, -0.05) is 6.07 Å². The van der Waals surface area contributed by atoms with E-state index < -0.39 is 37.3 Å². The zero-order valence-corrected chi connectivity index (χ0v) is 44.3. The molecule has 20 nitrogen and oxygen atoms in total. The third-order valence-electron chi connectivity index (χ3n) is 15.1. The van der Waals surface area contributed by atoms with Gasteiger partial charge in [0.25, 0.3) is 11.8 Å². The molecule has 5 aliphatic rings. The molecule has 0 bridgehead atoms. The molecule has 2 aromatic heterocycles. The second-order valence-electron chi connectivity index (χ2n) is 19.4. The van der Waals surface area contributed by atoms with Crippen LogP contribution in [0.15, 0.2) is 65.5 Å². The summed E-state index contributed by atoms with van der Waals surface area (Å²) in [6, 6.07) is 12.7. The molecule has 0 saturated carbocycles. The Morgan fingerprint density at radius 1 is 0.822 bits per heavy atom. The maximum absolute atomic E-state index is 13.7. The fraction of sp³-hybridized carbons (Fsp3) is 0.431. The first kappa shape index (κ1) is 50.3. The minimum Gasteiger partial charge on any atom is -0.494 e. The smallest absolute Gasteiger partial charge is 0.363 e. The summed E-state index contributed by atoms with van der Waals surface area (Å²) in [5.41, 5.74) is 7.43. The van der Waals surface area contributed by atoms with Crippen LogP contribution in [0, 0.1) is 19.8 Å². The van der Waals surface area contributed by atoms with E-state index in [1.54, 1.807) is 30.1 Å². The second-order valence-corrected chi connectivity index (χ2v) is 22.4. The number of aromatic nitrogens is 4. The van der Waals surface area contributed by atoms with Gasteiger partial charge < -0.3 is 34.2 Å². The SMILES string of the molecule is COc1cc(N2CCN(CC3CCN(C4CN(c5ccc6c(c5)C(=O)N(C5CCC(=O)NC5=O)C6=O)C4)CC3)CC2)c(-c2cnn(C)c2)cc1Nc1ncc(Br)c(Nc2ccc(C)c(C)c2P(=O)(OC)OC)n1. The van der Waals surface area contributed by atoms with Gasteiger partial charge in [-0.2, -0.15) is 10.1 Å². The number of nitrogens with zero attached hydrogens (tertiary/aromatic N) is 9. The lowest BCUT2D eigenvalue weighted by molar-refractivity contribution is -0.136. The number of imide groups is 2. The molecule has 22 heteroatoms. The molecular formula is C51H60BrN12O8P. The van der Waals surface area contributed by atoms with Crippen LogP contribution in [0.3, 0.4) is 0 Å². The van der Waals surface area contributed by atoms with Crippen molar-refractivity contribution in [3.8, 4) is 16.9 Å². The largest absolute Gasteiger partial charge is 0.494 e. The predicted octanol–water partition coefficient (Wildman–Crippen LogP) is 5.99. The molecule has 3 aromatic carbocycles. The molecule has 3 N–H and O–H groups in total. The highest BCUT2D eigenvalue weighted by molar-refractivity contribution is 9.10. The minimum absolute atomic E-state index is 0.0888. The van der Waals surface area contributed by atoms with Crippen LogP contribution in [-0.2, 0) is 30.2 Å². The van der Waals surface area contributed by atoms with Gasteiger partial charge in [0.15, 0.2) is 0 Å². The Labute approximate surface area is 432 Å². The van der Waals surface area contributed by atoms with Crippen molar-refractivity contribution >= 4 is 87.0 Å². The Morgan fingerprint density at radius 3 is 2.25 bits per heavy atom. The molecule has 1 atom stereocenters. The van der Waals surface area contributed by atoms with Crippen LogP contribution >= 0.6 is 23.5 Å². The highest BCUT2D eigenvalue weighted by Gasteiger charge is 2.45. The number of carbonyl (C=O) groups is 4. The number of amides is 4. The monoisotopic (exact) mass is 1080 g/mol. The van der Waals surface area contributed by atoms with E-state index in [9.17, 15) is 23.7 Å².